The van der Waals surface area contributed by atoms with Crippen molar-refractivity contribution in [3.05, 3.63) is 42.2 Å². The lowest BCUT2D eigenvalue weighted by molar-refractivity contribution is -0.136. The third kappa shape index (κ3) is 4.59. The SMILES string of the molecule is COc1nccnc1-c1ccc(C(=O)NCC2CN(C(C)=O)CCO2)cc1. The molecule has 2 amide bonds. The van der Waals surface area contributed by atoms with Gasteiger partial charge in [0.15, 0.2) is 0 Å². The van der Waals surface area contributed by atoms with Crippen LogP contribution in [0.3, 0.4) is 0 Å². The van der Waals surface area contributed by atoms with E-state index in [0.717, 1.165) is 5.56 Å². The largest absolute Gasteiger partial charge is 0.479 e. The molecule has 1 fully saturated rings. The standard InChI is InChI=1S/C19H22N4O4/c1-13(24)23-9-10-27-16(12-23)11-22-18(25)15-5-3-14(4-6-15)17-19(26-2)21-8-7-20-17/h3-8,16H,9-12H2,1-2H3,(H,22,25). The Balaban J connectivity index is 1.60. The molecule has 0 radical (unpaired) electrons. The van der Waals surface area contributed by atoms with E-state index >= 15 is 0 Å². The summed E-state index contributed by atoms with van der Waals surface area (Å²) in [5.74, 6) is 0.250. The highest BCUT2D eigenvalue weighted by atomic mass is 16.5. The number of amides is 2. The molecule has 3 rings (SSSR count). The molecule has 2 heterocycles. The van der Waals surface area contributed by atoms with E-state index in [9.17, 15) is 9.59 Å². The number of aromatic nitrogens is 2. The molecule has 1 aliphatic heterocycles. The first kappa shape index (κ1) is 18.8. The first-order chi connectivity index (χ1) is 13.1. The fourth-order valence-corrected chi connectivity index (χ4v) is 2.89. The van der Waals surface area contributed by atoms with Crippen LogP contribution in [0.4, 0.5) is 0 Å². The van der Waals surface area contributed by atoms with Gasteiger partial charge in [0, 0.05) is 50.1 Å². The van der Waals surface area contributed by atoms with Crippen LogP contribution in [-0.4, -0.2) is 66.1 Å². The molecule has 0 aliphatic carbocycles. The van der Waals surface area contributed by atoms with E-state index in [2.05, 4.69) is 15.3 Å². The van der Waals surface area contributed by atoms with E-state index in [1.807, 2.05) is 0 Å². The first-order valence-corrected chi connectivity index (χ1v) is 8.69. The Labute approximate surface area is 157 Å². The second-order valence-electron chi connectivity index (χ2n) is 6.16. The molecule has 1 aliphatic rings. The van der Waals surface area contributed by atoms with Gasteiger partial charge in [0.1, 0.15) is 5.69 Å². The number of nitrogens with one attached hydrogen (secondary N) is 1. The number of ether oxygens (including phenoxy) is 2. The van der Waals surface area contributed by atoms with Crippen molar-refractivity contribution in [1.82, 2.24) is 20.2 Å². The highest BCUT2D eigenvalue weighted by molar-refractivity contribution is 5.94. The van der Waals surface area contributed by atoms with Gasteiger partial charge in [-0.1, -0.05) is 12.1 Å². The lowest BCUT2D eigenvalue weighted by atomic mass is 10.1. The molecular weight excluding hydrogens is 348 g/mol. The van der Waals surface area contributed by atoms with Crippen LogP contribution < -0.4 is 10.1 Å². The summed E-state index contributed by atoms with van der Waals surface area (Å²) in [4.78, 5) is 34.0. The van der Waals surface area contributed by atoms with Crippen molar-refractivity contribution in [1.29, 1.82) is 0 Å². The van der Waals surface area contributed by atoms with Gasteiger partial charge in [-0.3, -0.25) is 9.59 Å². The van der Waals surface area contributed by atoms with Crippen molar-refractivity contribution >= 4 is 11.8 Å². The summed E-state index contributed by atoms with van der Waals surface area (Å²) in [6, 6.07) is 7.05. The highest BCUT2D eigenvalue weighted by Crippen LogP contribution is 2.25. The molecule has 1 unspecified atom stereocenters. The topological polar surface area (TPSA) is 93.6 Å². The molecule has 8 nitrogen and oxygen atoms in total. The van der Waals surface area contributed by atoms with Crippen molar-refractivity contribution < 1.29 is 19.1 Å². The second kappa shape index (κ2) is 8.59. The molecule has 0 bridgehead atoms. The maximum Gasteiger partial charge on any atom is 0.251 e. The predicted octanol–water partition coefficient (Wildman–Crippen LogP) is 1.13. The predicted molar refractivity (Wildman–Crippen MR) is 98.3 cm³/mol. The fourth-order valence-electron chi connectivity index (χ4n) is 2.89. The van der Waals surface area contributed by atoms with E-state index in [1.165, 1.54) is 14.0 Å². The zero-order valence-electron chi connectivity index (χ0n) is 15.3. The molecule has 1 aromatic heterocycles. The van der Waals surface area contributed by atoms with Gasteiger partial charge < -0.3 is 19.7 Å². The quantitative estimate of drug-likeness (QED) is 0.848. The van der Waals surface area contributed by atoms with E-state index in [-0.39, 0.29) is 17.9 Å². The summed E-state index contributed by atoms with van der Waals surface area (Å²) >= 11 is 0. The number of hydrogen-bond acceptors (Lipinski definition) is 6. The van der Waals surface area contributed by atoms with Crippen molar-refractivity contribution in [3.8, 4) is 17.1 Å². The van der Waals surface area contributed by atoms with Gasteiger partial charge >= 0.3 is 0 Å². The lowest BCUT2D eigenvalue weighted by Crippen LogP contribution is -2.49. The summed E-state index contributed by atoms with van der Waals surface area (Å²) in [7, 11) is 1.54. The average molecular weight is 370 g/mol. The van der Waals surface area contributed by atoms with Crippen LogP contribution in [0, 0.1) is 0 Å². The number of carbonyl (C=O) groups excluding carboxylic acids is 2. The molecule has 1 atom stereocenters. The Hall–Kier alpha value is -3.00. The minimum Gasteiger partial charge on any atom is -0.479 e. The number of morpholine rings is 1. The highest BCUT2D eigenvalue weighted by Gasteiger charge is 2.22. The van der Waals surface area contributed by atoms with E-state index in [0.29, 0.717) is 43.4 Å². The number of rotatable bonds is 5. The Morgan fingerprint density at radius 2 is 2.00 bits per heavy atom. The molecule has 2 aromatic rings. The summed E-state index contributed by atoms with van der Waals surface area (Å²) in [6.45, 7) is 3.44. The van der Waals surface area contributed by atoms with Crippen LogP contribution >= 0.6 is 0 Å². The maximum atomic E-state index is 12.4. The summed E-state index contributed by atoms with van der Waals surface area (Å²) < 4.78 is 10.8. The van der Waals surface area contributed by atoms with Crippen molar-refractivity contribution in [2.24, 2.45) is 0 Å². The van der Waals surface area contributed by atoms with Crippen molar-refractivity contribution in [2.75, 3.05) is 33.4 Å². The van der Waals surface area contributed by atoms with E-state index in [1.54, 1.807) is 41.6 Å². The van der Waals surface area contributed by atoms with E-state index < -0.39 is 0 Å². The number of methoxy groups -OCH3 is 1. The number of nitrogens with zero attached hydrogens (tertiary/aromatic N) is 3. The van der Waals surface area contributed by atoms with Gasteiger partial charge in [-0.05, 0) is 12.1 Å². The van der Waals surface area contributed by atoms with Crippen molar-refractivity contribution in [3.63, 3.8) is 0 Å². The fraction of sp³-hybridized carbons (Fsp3) is 0.368. The number of hydrogen-bond donors (Lipinski definition) is 1. The zero-order valence-corrected chi connectivity index (χ0v) is 15.3. The van der Waals surface area contributed by atoms with Crippen molar-refractivity contribution in [2.45, 2.75) is 13.0 Å². The lowest BCUT2D eigenvalue weighted by Gasteiger charge is -2.32. The Bertz CT molecular complexity index is 810. The monoisotopic (exact) mass is 370 g/mol. The normalized spacial score (nSPS) is 16.7. The molecule has 1 aromatic carbocycles. The summed E-state index contributed by atoms with van der Waals surface area (Å²) in [5.41, 5.74) is 1.96. The summed E-state index contributed by atoms with van der Waals surface area (Å²) in [6.07, 6.45) is 2.95. The molecule has 1 N–H and O–H groups in total. The molecule has 27 heavy (non-hydrogen) atoms. The van der Waals surface area contributed by atoms with Gasteiger partial charge in [0.05, 0.1) is 19.8 Å². The molecule has 1 saturated heterocycles. The first-order valence-electron chi connectivity index (χ1n) is 8.69. The summed E-state index contributed by atoms with van der Waals surface area (Å²) in [5, 5.41) is 2.86. The van der Waals surface area contributed by atoms with Crippen LogP contribution in [0.25, 0.3) is 11.3 Å². The zero-order chi connectivity index (χ0) is 19.2. The Kier molecular flexibility index (Phi) is 5.97. The van der Waals surface area contributed by atoms with E-state index in [4.69, 9.17) is 9.47 Å². The van der Waals surface area contributed by atoms with Gasteiger partial charge in [-0.25, -0.2) is 9.97 Å². The minimum absolute atomic E-state index is 0.0182. The van der Waals surface area contributed by atoms with Crippen LogP contribution in [0.2, 0.25) is 0 Å². The Morgan fingerprint density at radius 1 is 1.26 bits per heavy atom. The average Bonchev–Trinajstić information content (AvgIpc) is 2.72. The second-order valence-corrected chi connectivity index (χ2v) is 6.16. The maximum absolute atomic E-state index is 12.4. The van der Waals surface area contributed by atoms with Crippen LogP contribution in [0.1, 0.15) is 17.3 Å². The number of carbonyl (C=O) groups is 2. The van der Waals surface area contributed by atoms with Gasteiger partial charge in [0.2, 0.25) is 11.8 Å². The molecule has 0 saturated carbocycles. The van der Waals surface area contributed by atoms with Gasteiger partial charge in [-0.15, -0.1) is 0 Å². The smallest absolute Gasteiger partial charge is 0.251 e. The van der Waals surface area contributed by atoms with Gasteiger partial charge in [-0.2, -0.15) is 0 Å². The molecular formula is C19H22N4O4. The van der Waals surface area contributed by atoms with Crippen LogP contribution in [0.5, 0.6) is 5.88 Å². The van der Waals surface area contributed by atoms with Crippen LogP contribution in [-0.2, 0) is 9.53 Å². The molecule has 8 heteroatoms. The third-order valence-electron chi connectivity index (χ3n) is 4.35. The minimum atomic E-state index is -0.199. The Morgan fingerprint density at radius 3 is 2.70 bits per heavy atom. The molecule has 142 valence electrons. The van der Waals surface area contributed by atoms with Crippen LogP contribution in [0.15, 0.2) is 36.7 Å². The van der Waals surface area contributed by atoms with Gasteiger partial charge in [0.25, 0.3) is 5.91 Å². The third-order valence-corrected chi connectivity index (χ3v) is 4.35. The number of benzene rings is 1. The molecule has 0 spiro atoms.